The zero-order valence-electron chi connectivity index (χ0n) is 18.1. The second-order valence-corrected chi connectivity index (χ2v) is 9.91. The van der Waals surface area contributed by atoms with Crippen LogP contribution in [0.1, 0.15) is 48.0 Å². The van der Waals surface area contributed by atoms with Crippen LogP contribution in [0.25, 0.3) is 0 Å². The molecular weight excluding hydrogens is 377 g/mol. The number of ether oxygens (including phenoxy) is 1. The summed E-state index contributed by atoms with van der Waals surface area (Å²) in [6, 6.07) is 9.88. The first-order chi connectivity index (χ1) is 13.2. The third-order valence-electron chi connectivity index (χ3n) is 4.62. The molecule has 0 aliphatic heterocycles. The Labute approximate surface area is 169 Å². The van der Waals surface area contributed by atoms with Gasteiger partial charge in [0.15, 0.2) is 5.66 Å². The number of rotatable bonds is 12. The van der Waals surface area contributed by atoms with Crippen LogP contribution in [0.5, 0.6) is 0 Å². The zero-order valence-corrected chi connectivity index (χ0v) is 19.0. The van der Waals surface area contributed by atoms with E-state index < -0.39 is 19.2 Å². The highest BCUT2D eigenvalue weighted by molar-refractivity contribution is 7.55. The van der Waals surface area contributed by atoms with Crippen molar-refractivity contribution in [3.05, 3.63) is 30.3 Å². The van der Waals surface area contributed by atoms with Gasteiger partial charge in [0.25, 0.3) is 0 Å². The van der Waals surface area contributed by atoms with E-state index in [0.717, 1.165) is 5.69 Å². The average molecular weight is 413 g/mol. The average Bonchev–Trinajstić information content (AvgIpc) is 2.62. The molecule has 28 heavy (non-hydrogen) atoms. The van der Waals surface area contributed by atoms with Crippen LogP contribution in [-0.2, 0) is 23.1 Å². The van der Waals surface area contributed by atoms with Gasteiger partial charge in [0.2, 0.25) is 0 Å². The number of anilines is 1. The Morgan fingerprint density at radius 3 is 2.07 bits per heavy atom. The van der Waals surface area contributed by atoms with Gasteiger partial charge in [0, 0.05) is 12.2 Å². The SMILES string of the molecule is CCOC(=O)C(C[C@H](CNc1ccccc1)C(C)(C)C)P(=O)(OCC)OCC. The summed E-state index contributed by atoms with van der Waals surface area (Å²) in [6.45, 7) is 12.8. The number of benzene rings is 1. The summed E-state index contributed by atoms with van der Waals surface area (Å²) in [5.74, 6) is -0.488. The quantitative estimate of drug-likeness (QED) is 0.368. The number of esters is 1. The number of carbonyl (C=O) groups is 1. The molecule has 0 heterocycles. The molecule has 0 aliphatic carbocycles. The maximum absolute atomic E-state index is 13.4. The van der Waals surface area contributed by atoms with Crippen LogP contribution in [0.3, 0.4) is 0 Å². The van der Waals surface area contributed by atoms with Crippen molar-refractivity contribution in [2.75, 3.05) is 31.7 Å². The van der Waals surface area contributed by atoms with E-state index in [1.165, 1.54) is 0 Å². The summed E-state index contributed by atoms with van der Waals surface area (Å²) in [5, 5.41) is 3.42. The molecule has 0 fully saturated rings. The molecule has 0 saturated carbocycles. The number of hydrogen-bond acceptors (Lipinski definition) is 6. The third-order valence-corrected chi connectivity index (χ3v) is 7.04. The molecule has 7 heteroatoms. The molecule has 0 bridgehead atoms. The molecule has 0 spiro atoms. The number of para-hydroxylation sites is 1. The summed E-state index contributed by atoms with van der Waals surface area (Å²) >= 11 is 0. The summed E-state index contributed by atoms with van der Waals surface area (Å²) in [5.41, 5.74) is -0.0770. The molecule has 2 atom stereocenters. The maximum Gasteiger partial charge on any atom is 0.344 e. The second-order valence-electron chi connectivity index (χ2n) is 7.69. The lowest BCUT2D eigenvalue weighted by molar-refractivity contribution is -0.143. The Hall–Kier alpha value is -1.36. The highest BCUT2D eigenvalue weighted by Crippen LogP contribution is 2.56. The molecule has 1 unspecified atom stereocenters. The van der Waals surface area contributed by atoms with Crippen molar-refractivity contribution in [3.8, 4) is 0 Å². The predicted octanol–water partition coefficient (Wildman–Crippen LogP) is 5.35. The van der Waals surface area contributed by atoms with Gasteiger partial charge >= 0.3 is 13.6 Å². The van der Waals surface area contributed by atoms with E-state index >= 15 is 0 Å². The van der Waals surface area contributed by atoms with Crippen molar-refractivity contribution in [1.29, 1.82) is 0 Å². The number of nitrogens with one attached hydrogen (secondary N) is 1. The molecule has 1 aromatic rings. The van der Waals surface area contributed by atoms with Crippen molar-refractivity contribution >= 4 is 19.3 Å². The first-order valence-corrected chi connectivity index (χ1v) is 11.6. The third kappa shape index (κ3) is 7.57. The largest absolute Gasteiger partial charge is 0.465 e. The smallest absolute Gasteiger partial charge is 0.344 e. The Kier molecular flexibility index (Phi) is 10.2. The number of carbonyl (C=O) groups excluding carboxylic acids is 1. The zero-order chi connectivity index (χ0) is 21.2. The van der Waals surface area contributed by atoms with Crippen LogP contribution in [0.2, 0.25) is 0 Å². The summed E-state index contributed by atoms with van der Waals surface area (Å²) < 4.78 is 29.6. The van der Waals surface area contributed by atoms with Gasteiger partial charge in [-0.2, -0.15) is 0 Å². The molecule has 0 saturated heterocycles. The van der Waals surface area contributed by atoms with Crippen molar-refractivity contribution in [2.24, 2.45) is 11.3 Å². The van der Waals surface area contributed by atoms with Crippen molar-refractivity contribution in [1.82, 2.24) is 0 Å². The van der Waals surface area contributed by atoms with E-state index in [4.69, 9.17) is 13.8 Å². The van der Waals surface area contributed by atoms with Gasteiger partial charge in [-0.05, 0) is 50.7 Å². The van der Waals surface area contributed by atoms with Crippen molar-refractivity contribution in [2.45, 2.75) is 53.6 Å². The van der Waals surface area contributed by atoms with Crippen LogP contribution in [0.4, 0.5) is 5.69 Å². The van der Waals surface area contributed by atoms with Gasteiger partial charge in [-0.3, -0.25) is 9.36 Å². The van der Waals surface area contributed by atoms with E-state index in [1.807, 2.05) is 30.3 Å². The van der Waals surface area contributed by atoms with Gasteiger partial charge in [-0.15, -0.1) is 0 Å². The fraction of sp³-hybridized carbons (Fsp3) is 0.667. The molecule has 0 aliphatic rings. The van der Waals surface area contributed by atoms with Crippen LogP contribution in [-0.4, -0.2) is 38.0 Å². The Bertz CT molecular complexity index is 619. The van der Waals surface area contributed by atoms with Crippen molar-refractivity contribution < 1.29 is 23.1 Å². The van der Waals surface area contributed by atoms with E-state index in [1.54, 1.807) is 20.8 Å². The highest BCUT2D eigenvalue weighted by atomic mass is 31.2. The van der Waals surface area contributed by atoms with Crippen LogP contribution in [0.15, 0.2) is 30.3 Å². The normalized spacial score (nSPS) is 14.4. The fourth-order valence-corrected chi connectivity index (χ4v) is 4.98. The Balaban J connectivity index is 3.10. The summed E-state index contributed by atoms with van der Waals surface area (Å²) in [7, 11) is -3.64. The summed E-state index contributed by atoms with van der Waals surface area (Å²) in [4.78, 5) is 12.7. The van der Waals surface area contributed by atoms with Crippen LogP contribution < -0.4 is 5.32 Å². The minimum atomic E-state index is -3.64. The number of hydrogen-bond donors (Lipinski definition) is 1. The molecule has 0 radical (unpaired) electrons. The molecule has 1 N–H and O–H groups in total. The van der Waals surface area contributed by atoms with Gasteiger partial charge in [-0.25, -0.2) is 0 Å². The molecule has 6 nitrogen and oxygen atoms in total. The maximum atomic E-state index is 13.4. The lowest BCUT2D eigenvalue weighted by Gasteiger charge is -2.35. The molecule has 0 aromatic heterocycles. The first-order valence-electron chi connectivity index (χ1n) is 10.0. The molecule has 160 valence electrons. The molecule has 1 aromatic carbocycles. The minimum Gasteiger partial charge on any atom is -0.465 e. The van der Waals surface area contributed by atoms with Crippen LogP contribution in [0, 0.1) is 11.3 Å². The predicted molar refractivity (Wildman–Crippen MR) is 114 cm³/mol. The Morgan fingerprint density at radius 1 is 1.04 bits per heavy atom. The van der Waals surface area contributed by atoms with Gasteiger partial charge in [0.1, 0.15) is 0 Å². The van der Waals surface area contributed by atoms with Crippen molar-refractivity contribution in [3.63, 3.8) is 0 Å². The molecular formula is C21H36NO5P. The first kappa shape index (κ1) is 24.7. The lowest BCUT2D eigenvalue weighted by Crippen LogP contribution is -2.35. The van der Waals surface area contributed by atoms with E-state index in [9.17, 15) is 9.36 Å². The van der Waals surface area contributed by atoms with E-state index in [2.05, 4.69) is 26.1 Å². The lowest BCUT2D eigenvalue weighted by atomic mass is 9.78. The van der Waals surface area contributed by atoms with Gasteiger partial charge in [0.05, 0.1) is 19.8 Å². The molecule has 0 amide bonds. The summed E-state index contributed by atoms with van der Waals surface area (Å²) in [6.07, 6.45) is 0.347. The topological polar surface area (TPSA) is 73.9 Å². The van der Waals surface area contributed by atoms with Crippen LogP contribution >= 0.6 is 7.60 Å². The Morgan fingerprint density at radius 2 is 1.61 bits per heavy atom. The highest BCUT2D eigenvalue weighted by Gasteiger charge is 2.45. The molecule has 1 rings (SSSR count). The van der Waals surface area contributed by atoms with E-state index in [0.29, 0.717) is 13.0 Å². The second kappa shape index (κ2) is 11.6. The van der Waals surface area contributed by atoms with Gasteiger partial charge < -0.3 is 19.1 Å². The fourth-order valence-electron chi connectivity index (χ4n) is 2.98. The van der Waals surface area contributed by atoms with E-state index in [-0.39, 0.29) is 31.2 Å². The van der Waals surface area contributed by atoms with Gasteiger partial charge in [-0.1, -0.05) is 39.0 Å². The monoisotopic (exact) mass is 413 g/mol. The minimum absolute atomic E-state index is 0.0383. The standard InChI is InChI=1S/C21H36NO5P/c1-7-25-20(23)19(28(24,26-8-2)27-9-3)15-17(21(4,5)6)16-22-18-13-11-10-12-14-18/h10-14,17,19,22H,7-9,15-16H2,1-6H3/t17-,19?/m1/s1.